The number of non-ortho nitro benzene ring substituents is 1. The van der Waals surface area contributed by atoms with Crippen LogP contribution in [0.1, 0.15) is 24.2 Å². The first-order valence-corrected chi connectivity index (χ1v) is 6.05. The highest BCUT2D eigenvalue weighted by Gasteiger charge is 2.12. The van der Waals surface area contributed by atoms with Crippen LogP contribution < -0.4 is 10.5 Å². The van der Waals surface area contributed by atoms with Crippen LogP contribution in [-0.2, 0) is 19.6 Å². The van der Waals surface area contributed by atoms with Crippen LogP contribution in [0, 0.1) is 10.1 Å². The van der Waals surface area contributed by atoms with Crippen molar-refractivity contribution in [3.05, 3.63) is 45.6 Å². The van der Waals surface area contributed by atoms with Gasteiger partial charge < -0.3 is 15.0 Å². The number of hydrogen-bond donors (Lipinski definition) is 1. The number of aromatic nitrogens is 2. The van der Waals surface area contributed by atoms with Gasteiger partial charge in [-0.25, -0.2) is 0 Å². The smallest absolute Gasteiger partial charge is 0.270 e. The average molecular weight is 278 g/mol. The fourth-order valence-corrected chi connectivity index (χ4v) is 1.61. The van der Waals surface area contributed by atoms with Crippen LogP contribution in [0.2, 0.25) is 0 Å². The van der Waals surface area contributed by atoms with Crippen molar-refractivity contribution in [1.82, 2.24) is 10.1 Å². The first-order chi connectivity index (χ1) is 9.63. The summed E-state index contributed by atoms with van der Waals surface area (Å²) in [6.45, 7) is 2.17. The minimum Gasteiger partial charge on any atom is -0.485 e. The molecular formula is C12H14N4O4. The molecular weight excluding hydrogens is 264 g/mol. The zero-order valence-electron chi connectivity index (χ0n) is 10.9. The van der Waals surface area contributed by atoms with Gasteiger partial charge in [0.25, 0.3) is 5.69 Å². The van der Waals surface area contributed by atoms with Gasteiger partial charge in [0.05, 0.1) is 4.92 Å². The lowest BCUT2D eigenvalue weighted by Crippen LogP contribution is -2.04. The Hall–Kier alpha value is -2.48. The number of ether oxygens (including phenoxy) is 1. The van der Waals surface area contributed by atoms with E-state index in [9.17, 15) is 10.1 Å². The Bertz CT molecular complexity index is 611. The molecule has 2 rings (SSSR count). The van der Waals surface area contributed by atoms with Gasteiger partial charge in [-0.1, -0.05) is 12.1 Å². The lowest BCUT2D eigenvalue weighted by molar-refractivity contribution is -0.384. The van der Waals surface area contributed by atoms with Crippen molar-refractivity contribution < 1.29 is 14.2 Å². The monoisotopic (exact) mass is 278 g/mol. The zero-order chi connectivity index (χ0) is 14.5. The fourth-order valence-electron chi connectivity index (χ4n) is 1.61. The van der Waals surface area contributed by atoms with Crippen molar-refractivity contribution in [2.45, 2.75) is 26.5 Å². The van der Waals surface area contributed by atoms with E-state index in [2.05, 4.69) is 10.1 Å². The highest BCUT2D eigenvalue weighted by Crippen LogP contribution is 2.24. The van der Waals surface area contributed by atoms with Gasteiger partial charge in [0, 0.05) is 30.7 Å². The van der Waals surface area contributed by atoms with Crippen molar-refractivity contribution in [2.24, 2.45) is 5.73 Å². The molecule has 0 spiro atoms. The van der Waals surface area contributed by atoms with Gasteiger partial charge in [-0.2, -0.15) is 4.98 Å². The summed E-state index contributed by atoms with van der Waals surface area (Å²) in [6, 6.07) is 4.27. The van der Waals surface area contributed by atoms with E-state index >= 15 is 0 Å². The van der Waals surface area contributed by atoms with Gasteiger partial charge in [0.15, 0.2) is 6.61 Å². The molecule has 0 saturated heterocycles. The number of nitro benzene ring substituents is 1. The number of nitrogens with two attached hydrogens (primary N) is 1. The predicted molar refractivity (Wildman–Crippen MR) is 69.0 cm³/mol. The molecule has 20 heavy (non-hydrogen) atoms. The van der Waals surface area contributed by atoms with E-state index in [0.717, 1.165) is 0 Å². The molecule has 0 unspecified atom stereocenters. The van der Waals surface area contributed by atoms with Crippen LogP contribution in [0.15, 0.2) is 22.7 Å². The van der Waals surface area contributed by atoms with Crippen LogP contribution in [0.3, 0.4) is 0 Å². The molecule has 0 amide bonds. The molecule has 0 atom stereocenters. The van der Waals surface area contributed by atoms with Crippen molar-refractivity contribution in [1.29, 1.82) is 0 Å². The lowest BCUT2D eigenvalue weighted by Gasteiger charge is -2.08. The summed E-state index contributed by atoms with van der Waals surface area (Å²) in [6.07, 6.45) is 0.651. The Labute approximate surface area is 114 Å². The van der Waals surface area contributed by atoms with Crippen LogP contribution >= 0.6 is 0 Å². The molecule has 2 aromatic rings. The van der Waals surface area contributed by atoms with Crippen LogP contribution in [0.4, 0.5) is 5.69 Å². The maximum atomic E-state index is 10.7. The largest absolute Gasteiger partial charge is 0.485 e. The number of rotatable bonds is 6. The number of aryl methyl sites for hydroxylation is 1. The first kappa shape index (κ1) is 13.9. The van der Waals surface area contributed by atoms with Gasteiger partial charge >= 0.3 is 0 Å². The number of benzene rings is 1. The molecule has 1 aromatic carbocycles. The van der Waals surface area contributed by atoms with Gasteiger partial charge in [-0.3, -0.25) is 10.1 Å². The summed E-state index contributed by atoms with van der Waals surface area (Å²) in [7, 11) is 0. The Kier molecular flexibility index (Phi) is 4.26. The second kappa shape index (κ2) is 6.11. The molecule has 0 saturated carbocycles. The summed E-state index contributed by atoms with van der Waals surface area (Å²) >= 11 is 0. The molecule has 1 heterocycles. The summed E-state index contributed by atoms with van der Waals surface area (Å²) in [5, 5.41) is 14.4. The molecule has 106 valence electrons. The maximum absolute atomic E-state index is 10.7. The molecule has 0 aliphatic carbocycles. The molecule has 0 radical (unpaired) electrons. The van der Waals surface area contributed by atoms with E-state index in [4.69, 9.17) is 15.0 Å². The fraction of sp³-hybridized carbons (Fsp3) is 0.333. The first-order valence-electron chi connectivity index (χ1n) is 6.05. The third-order valence-electron chi connectivity index (χ3n) is 2.64. The van der Waals surface area contributed by atoms with E-state index < -0.39 is 4.92 Å². The predicted octanol–water partition coefficient (Wildman–Crippen LogP) is 1.58. The average Bonchev–Trinajstić information content (AvgIpc) is 2.92. The number of nitro groups is 1. The van der Waals surface area contributed by atoms with E-state index in [-0.39, 0.29) is 18.8 Å². The van der Waals surface area contributed by atoms with E-state index in [1.165, 1.54) is 18.2 Å². The summed E-state index contributed by atoms with van der Waals surface area (Å²) in [5.74, 6) is 1.43. The second-order valence-electron chi connectivity index (χ2n) is 4.00. The maximum Gasteiger partial charge on any atom is 0.270 e. The normalized spacial score (nSPS) is 10.5. The van der Waals surface area contributed by atoms with E-state index in [1.807, 2.05) is 6.92 Å². The zero-order valence-corrected chi connectivity index (χ0v) is 10.9. The topological polar surface area (TPSA) is 117 Å². The van der Waals surface area contributed by atoms with Crippen molar-refractivity contribution in [2.75, 3.05) is 0 Å². The molecule has 8 heteroatoms. The third-order valence-corrected chi connectivity index (χ3v) is 2.64. The Morgan fingerprint density at radius 1 is 1.50 bits per heavy atom. The molecule has 2 N–H and O–H groups in total. The van der Waals surface area contributed by atoms with Crippen molar-refractivity contribution in [3.8, 4) is 5.75 Å². The van der Waals surface area contributed by atoms with Crippen molar-refractivity contribution >= 4 is 5.69 Å². The van der Waals surface area contributed by atoms with Crippen LogP contribution in [0.5, 0.6) is 5.75 Å². The molecule has 1 aromatic heterocycles. The molecule has 0 aliphatic rings. The molecule has 0 aliphatic heterocycles. The van der Waals surface area contributed by atoms with Gasteiger partial charge in [0.2, 0.25) is 11.7 Å². The van der Waals surface area contributed by atoms with Crippen molar-refractivity contribution in [3.63, 3.8) is 0 Å². The highest BCUT2D eigenvalue weighted by molar-refractivity contribution is 5.43. The molecule has 0 fully saturated rings. The summed E-state index contributed by atoms with van der Waals surface area (Å²) in [4.78, 5) is 14.3. The minimum atomic E-state index is -0.477. The Morgan fingerprint density at radius 2 is 2.30 bits per heavy atom. The van der Waals surface area contributed by atoms with Gasteiger partial charge in [0.1, 0.15) is 5.75 Å². The molecule has 0 bridgehead atoms. The van der Waals surface area contributed by atoms with E-state index in [1.54, 1.807) is 0 Å². The third kappa shape index (κ3) is 3.09. The highest BCUT2D eigenvalue weighted by atomic mass is 16.6. The second-order valence-corrected chi connectivity index (χ2v) is 4.00. The number of nitrogens with zero attached hydrogens (tertiary/aromatic N) is 3. The SMILES string of the molecule is CCc1nc(COc2ccc([N+](=O)[O-])cc2CN)no1. The summed E-state index contributed by atoms with van der Waals surface area (Å²) in [5.41, 5.74) is 6.09. The minimum absolute atomic E-state index is 0.0226. The van der Waals surface area contributed by atoms with Gasteiger partial charge in [-0.05, 0) is 6.07 Å². The number of hydrogen-bond acceptors (Lipinski definition) is 7. The molecule has 8 nitrogen and oxygen atoms in total. The summed E-state index contributed by atoms with van der Waals surface area (Å²) < 4.78 is 10.5. The van der Waals surface area contributed by atoms with Crippen LogP contribution in [-0.4, -0.2) is 15.1 Å². The van der Waals surface area contributed by atoms with E-state index in [0.29, 0.717) is 29.4 Å². The lowest BCUT2D eigenvalue weighted by atomic mass is 10.2. The Morgan fingerprint density at radius 3 is 2.90 bits per heavy atom. The standard InChI is InChI=1S/C12H14N4O4/c1-2-12-14-11(15-20-12)7-19-10-4-3-9(16(17)18)5-8(10)6-13/h3-5H,2,6-7,13H2,1H3. The Balaban J connectivity index is 2.10. The van der Waals surface area contributed by atoms with Crippen LogP contribution in [0.25, 0.3) is 0 Å². The quantitative estimate of drug-likeness (QED) is 0.629. The van der Waals surface area contributed by atoms with Gasteiger partial charge in [-0.15, -0.1) is 0 Å².